The average Bonchev–Trinajstić information content (AvgIpc) is 3.21. The monoisotopic (exact) mass is 342 g/mol. The van der Waals surface area contributed by atoms with Crippen LogP contribution in [0, 0.1) is 6.92 Å². The van der Waals surface area contributed by atoms with Crippen LogP contribution in [0.1, 0.15) is 30.5 Å². The summed E-state index contributed by atoms with van der Waals surface area (Å²) in [5, 5.41) is 10.1. The Morgan fingerprint density at radius 3 is 2.76 bits per heavy atom. The van der Waals surface area contributed by atoms with Gasteiger partial charge in [-0.15, -0.1) is 0 Å². The van der Waals surface area contributed by atoms with E-state index in [0.717, 1.165) is 62.3 Å². The van der Waals surface area contributed by atoms with E-state index in [1.54, 1.807) is 0 Å². The van der Waals surface area contributed by atoms with Gasteiger partial charge in [-0.1, -0.05) is 6.07 Å². The number of aromatic nitrogens is 2. The molecule has 4 rings (SSSR count). The molecular weight excluding hydrogens is 316 g/mol. The summed E-state index contributed by atoms with van der Waals surface area (Å²) in [6.07, 6.45) is 7.18. The maximum Gasteiger partial charge on any atom is 0.228 e. The van der Waals surface area contributed by atoms with Crippen molar-refractivity contribution in [1.82, 2.24) is 19.2 Å². The summed E-state index contributed by atoms with van der Waals surface area (Å²) in [4.78, 5) is 21.5. The Morgan fingerprint density at radius 1 is 1.28 bits per heavy atom. The summed E-state index contributed by atoms with van der Waals surface area (Å²) in [7, 11) is 0. The zero-order valence-electron chi connectivity index (χ0n) is 14.8. The summed E-state index contributed by atoms with van der Waals surface area (Å²) in [6.45, 7) is 5.24. The number of amides is 1. The second kappa shape index (κ2) is 6.77. The normalized spacial score (nSPS) is 25.0. The van der Waals surface area contributed by atoms with Crippen molar-refractivity contribution in [3.63, 3.8) is 0 Å². The summed E-state index contributed by atoms with van der Waals surface area (Å²) < 4.78 is 1.98. The van der Waals surface area contributed by atoms with Gasteiger partial charge in [0.25, 0.3) is 0 Å². The van der Waals surface area contributed by atoms with E-state index in [0.29, 0.717) is 12.5 Å². The van der Waals surface area contributed by atoms with E-state index in [2.05, 4.69) is 9.88 Å². The number of imidazole rings is 1. The van der Waals surface area contributed by atoms with Gasteiger partial charge < -0.3 is 14.4 Å². The fourth-order valence-electron chi connectivity index (χ4n) is 4.21. The predicted octanol–water partition coefficient (Wildman–Crippen LogP) is 1.24. The topological polar surface area (TPSA) is 61.1 Å². The first kappa shape index (κ1) is 16.5. The third-order valence-electron chi connectivity index (χ3n) is 5.64. The number of pyridine rings is 1. The van der Waals surface area contributed by atoms with Crippen LogP contribution < -0.4 is 0 Å². The minimum atomic E-state index is -0.191. The number of nitrogens with zero attached hydrogens (tertiary/aromatic N) is 4. The fourth-order valence-corrected chi connectivity index (χ4v) is 4.21. The molecular formula is C19H26N4O2. The van der Waals surface area contributed by atoms with E-state index in [4.69, 9.17) is 0 Å². The minimum absolute atomic E-state index is 0.146. The average molecular weight is 342 g/mol. The molecule has 2 fully saturated rings. The standard InChI is InChI=1S/C19H26N4O2/c1-14-4-3-7-23-13-15(20-19(14)23)12-18(25)22-10-8-21(9-11-22)16-5-2-6-17(16)24/h3-4,7,13,16-17,24H,2,5-6,8-12H2,1H3/t16-,17+/m1/s1. The molecule has 1 aliphatic heterocycles. The van der Waals surface area contributed by atoms with Crippen LogP contribution in [-0.2, 0) is 11.2 Å². The van der Waals surface area contributed by atoms with Crippen LogP contribution in [0.25, 0.3) is 5.65 Å². The Hall–Kier alpha value is -1.92. The highest BCUT2D eigenvalue weighted by Gasteiger charge is 2.33. The number of hydrogen-bond acceptors (Lipinski definition) is 4. The van der Waals surface area contributed by atoms with Crippen LogP contribution in [0.2, 0.25) is 0 Å². The van der Waals surface area contributed by atoms with Gasteiger partial charge in [0.05, 0.1) is 18.2 Å². The fraction of sp³-hybridized carbons (Fsp3) is 0.579. The van der Waals surface area contributed by atoms with Gasteiger partial charge in [-0.2, -0.15) is 0 Å². The van der Waals surface area contributed by atoms with Gasteiger partial charge in [0.15, 0.2) is 0 Å². The zero-order valence-corrected chi connectivity index (χ0v) is 14.8. The van der Waals surface area contributed by atoms with Crippen LogP contribution in [0.15, 0.2) is 24.5 Å². The van der Waals surface area contributed by atoms with E-state index in [1.165, 1.54) is 0 Å². The van der Waals surface area contributed by atoms with E-state index in [1.807, 2.05) is 40.8 Å². The Morgan fingerprint density at radius 2 is 2.08 bits per heavy atom. The summed E-state index contributed by atoms with van der Waals surface area (Å²) in [5.74, 6) is 0.146. The Labute approximate surface area is 148 Å². The summed E-state index contributed by atoms with van der Waals surface area (Å²) in [5.41, 5.74) is 2.86. The molecule has 0 spiro atoms. The smallest absolute Gasteiger partial charge is 0.228 e. The van der Waals surface area contributed by atoms with Crippen molar-refractivity contribution in [2.75, 3.05) is 26.2 Å². The molecule has 2 aromatic heterocycles. The number of hydrogen-bond donors (Lipinski definition) is 1. The third kappa shape index (κ3) is 3.28. The first-order valence-electron chi connectivity index (χ1n) is 9.25. The molecule has 134 valence electrons. The molecule has 2 aromatic rings. The third-order valence-corrected chi connectivity index (χ3v) is 5.64. The van der Waals surface area contributed by atoms with E-state index in [-0.39, 0.29) is 12.0 Å². The Kier molecular flexibility index (Phi) is 4.48. The highest BCUT2D eigenvalue weighted by Crippen LogP contribution is 2.25. The highest BCUT2D eigenvalue weighted by molar-refractivity contribution is 5.78. The highest BCUT2D eigenvalue weighted by atomic mass is 16.3. The van der Waals surface area contributed by atoms with E-state index >= 15 is 0 Å². The molecule has 6 heteroatoms. The summed E-state index contributed by atoms with van der Waals surface area (Å²) >= 11 is 0. The lowest BCUT2D eigenvalue weighted by Gasteiger charge is -2.39. The lowest BCUT2D eigenvalue weighted by Crippen LogP contribution is -2.53. The van der Waals surface area contributed by atoms with Gasteiger partial charge in [0.1, 0.15) is 5.65 Å². The van der Waals surface area contributed by atoms with Crippen molar-refractivity contribution >= 4 is 11.6 Å². The molecule has 0 radical (unpaired) electrons. The Bertz CT molecular complexity index is 764. The lowest BCUT2D eigenvalue weighted by molar-refractivity contribution is -0.132. The lowest BCUT2D eigenvalue weighted by atomic mass is 10.1. The molecule has 1 aliphatic carbocycles. The molecule has 6 nitrogen and oxygen atoms in total. The number of carbonyl (C=O) groups is 1. The predicted molar refractivity (Wildman–Crippen MR) is 95.4 cm³/mol. The van der Waals surface area contributed by atoms with Gasteiger partial charge in [0, 0.05) is 44.6 Å². The number of fused-ring (bicyclic) bond motifs is 1. The first-order chi connectivity index (χ1) is 12.1. The van der Waals surface area contributed by atoms with Gasteiger partial charge in [-0.05, 0) is 37.8 Å². The van der Waals surface area contributed by atoms with Crippen LogP contribution in [0.4, 0.5) is 0 Å². The number of rotatable bonds is 3. The quantitative estimate of drug-likeness (QED) is 0.912. The van der Waals surface area contributed by atoms with E-state index in [9.17, 15) is 9.90 Å². The molecule has 2 aliphatic rings. The molecule has 1 amide bonds. The van der Waals surface area contributed by atoms with Crippen LogP contribution in [0.5, 0.6) is 0 Å². The van der Waals surface area contributed by atoms with Crippen LogP contribution >= 0.6 is 0 Å². The second-order valence-corrected chi connectivity index (χ2v) is 7.31. The molecule has 3 heterocycles. The molecule has 2 atom stereocenters. The first-order valence-corrected chi connectivity index (χ1v) is 9.25. The van der Waals surface area contributed by atoms with Crippen molar-refractivity contribution < 1.29 is 9.90 Å². The zero-order chi connectivity index (χ0) is 17.4. The number of aryl methyl sites for hydroxylation is 1. The van der Waals surface area contributed by atoms with Gasteiger partial charge in [-0.25, -0.2) is 4.98 Å². The molecule has 1 N–H and O–H groups in total. The summed E-state index contributed by atoms with van der Waals surface area (Å²) in [6, 6.07) is 4.32. The minimum Gasteiger partial charge on any atom is -0.391 e. The molecule has 1 saturated carbocycles. The van der Waals surface area contributed by atoms with Gasteiger partial charge in [-0.3, -0.25) is 9.69 Å². The Balaban J connectivity index is 1.36. The van der Waals surface area contributed by atoms with Crippen molar-refractivity contribution in [2.24, 2.45) is 0 Å². The van der Waals surface area contributed by atoms with Crippen LogP contribution in [0.3, 0.4) is 0 Å². The van der Waals surface area contributed by atoms with Crippen LogP contribution in [-0.4, -0.2) is 68.5 Å². The van der Waals surface area contributed by atoms with Crippen molar-refractivity contribution in [2.45, 2.75) is 44.8 Å². The number of aliphatic hydroxyl groups is 1. The second-order valence-electron chi connectivity index (χ2n) is 7.31. The van der Waals surface area contributed by atoms with Crippen molar-refractivity contribution in [3.05, 3.63) is 35.8 Å². The maximum absolute atomic E-state index is 12.6. The molecule has 0 unspecified atom stereocenters. The van der Waals surface area contributed by atoms with Gasteiger partial charge in [0.2, 0.25) is 5.91 Å². The number of carbonyl (C=O) groups excluding carboxylic acids is 1. The largest absolute Gasteiger partial charge is 0.391 e. The van der Waals surface area contributed by atoms with Gasteiger partial charge >= 0.3 is 0 Å². The molecule has 0 aromatic carbocycles. The van der Waals surface area contributed by atoms with Crippen molar-refractivity contribution in [1.29, 1.82) is 0 Å². The number of aliphatic hydroxyl groups excluding tert-OH is 1. The van der Waals surface area contributed by atoms with Crippen molar-refractivity contribution in [3.8, 4) is 0 Å². The maximum atomic E-state index is 12.6. The molecule has 0 bridgehead atoms. The number of piperazine rings is 1. The molecule has 1 saturated heterocycles. The SMILES string of the molecule is Cc1cccn2cc(CC(=O)N3CCN([C@@H]4CCC[C@@H]4O)CC3)nc12. The van der Waals surface area contributed by atoms with E-state index < -0.39 is 0 Å². The molecule has 25 heavy (non-hydrogen) atoms.